The quantitative estimate of drug-likeness (QED) is 0.321. The van der Waals surface area contributed by atoms with Crippen LogP contribution in [0.4, 0.5) is 19.0 Å². The van der Waals surface area contributed by atoms with Crippen molar-refractivity contribution in [3.8, 4) is 11.3 Å². The monoisotopic (exact) mass is 493 g/mol. The summed E-state index contributed by atoms with van der Waals surface area (Å²) in [6.45, 7) is 1.75. The van der Waals surface area contributed by atoms with Crippen molar-refractivity contribution in [1.82, 2.24) is 29.7 Å². The first-order valence-corrected chi connectivity index (χ1v) is 10.1. The lowest BCUT2D eigenvalue weighted by molar-refractivity contribution is -0.389. The largest absolute Gasteiger partial charge is 0.433 e. The summed E-state index contributed by atoms with van der Waals surface area (Å²) >= 11 is 5.85. The molecular formula is C20H15ClF3N7O3. The molecule has 10 nitrogen and oxygen atoms in total. The molecule has 0 radical (unpaired) electrons. The number of hydrogen-bond donors (Lipinski definition) is 1. The predicted molar refractivity (Wildman–Crippen MR) is 114 cm³/mol. The minimum atomic E-state index is -4.76. The van der Waals surface area contributed by atoms with Gasteiger partial charge in [-0.1, -0.05) is 23.7 Å². The van der Waals surface area contributed by atoms with Gasteiger partial charge in [-0.25, -0.2) is 9.50 Å². The first kappa shape index (κ1) is 23.2. The van der Waals surface area contributed by atoms with Crippen LogP contribution in [0, 0.1) is 17.0 Å². The van der Waals surface area contributed by atoms with E-state index in [1.54, 1.807) is 6.92 Å². The number of alkyl halides is 3. The van der Waals surface area contributed by atoms with Gasteiger partial charge in [-0.15, -0.1) is 0 Å². The Labute approximate surface area is 194 Å². The average Bonchev–Trinajstić information content (AvgIpc) is 3.36. The Bertz CT molecular complexity index is 1400. The van der Waals surface area contributed by atoms with Crippen molar-refractivity contribution in [2.75, 3.05) is 6.54 Å². The molecule has 34 heavy (non-hydrogen) atoms. The number of fused-ring (bicyclic) bond motifs is 1. The lowest BCUT2D eigenvalue weighted by atomic mass is 10.1. The highest BCUT2D eigenvalue weighted by molar-refractivity contribution is 6.30. The number of carbonyl (C=O) groups excluding carboxylic acids is 1. The molecule has 1 aromatic carbocycles. The standard InChI is InChI=1S/C20H15ClF3N7O3/c1-11-8-18(31(33)34)28-29(11)7-6-25-19(32)15-10-17-26-14(12-2-4-13(21)5-3-12)9-16(20(22,23)24)30(17)27-15/h2-5,8-10H,6-7H2,1H3,(H,25,32). The molecule has 0 fully saturated rings. The zero-order chi connectivity index (χ0) is 24.6. The van der Waals surface area contributed by atoms with E-state index in [4.69, 9.17) is 11.6 Å². The van der Waals surface area contributed by atoms with E-state index in [1.807, 2.05) is 0 Å². The second kappa shape index (κ2) is 8.74. The molecule has 3 aromatic heterocycles. The molecule has 0 aliphatic carbocycles. The summed E-state index contributed by atoms with van der Waals surface area (Å²) in [6.07, 6.45) is -4.76. The van der Waals surface area contributed by atoms with E-state index in [-0.39, 0.29) is 35.9 Å². The maximum absolute atomic E-state index is 13.7. The van der Waals surface area contributed by atoms with Crippen LogP contribution in [-0.2, 0) is 12.7 Å². The van der Waals surface area contributed by atoms with Crippen LogP contribution in [0.15, 0.2) is 42.5 Å². The van der Waals surface area contributed by atoms with Gasteiger partial charge in [-0.3, -0.25) is 4.79 Å². The van der Waals surface area contributed by atoms with Crippen molar-refractivity contribution >= 4 is 29.0 Å². The van der Waals surface area contributed by atoms with Gasteiger partial charge in [0.25, 0.3) is 5.91 Å². The van der Waals surface area contributed by atoms with Crippen LogP contribution in [0.2, 0.25) is 5.02 Å². The molecule has 0 atom stereocenters. The lowest BCUT2D eigenvalue weighted by Gasteiger charge is -2.11. The van der Waals surface area contributed by atoms with Gasteiger partial charge in [0.15, 0.2) is 17.0 Å². The highest BCUT2D eigenvalue weighted by atomic mass is 35.5. The molecule has 0 aliphatic rings. The molecule has 14 heteroatoms. The van der Waals surface area contributed by atoms with E-state index >= 15 is 0 Å². The number of carbonyl (C=O) groups is 1. The number of benzene rings is 1. The number of rotatable bonds is 6. The summed E-state index contributed by atoms with van der Waals surface area (Å²) in [5.74, 6) is -1.06. The third kappa shape index (κ3) is 4.69. The van der Waals surface area contributed by atoms with Crippen LogP contribution in [0.1, 0.15) is 21.9 Å². The Morgan fingerprint density at radius 1 is 1.18 bits per heavy atom. The zero-order valence-corrected chi connectivity index (χ0v) is 18.1. The smallest absolute Gasteiger partial charge is 0.358 e. The van der Waals surface area contributed by atoms with Crippen molar-refractivity contribution in [2.24, 2.45) is 0 Å². The van der Waals surface area contributed by atoms with Crippen molar-refractivity contribution in [3.63, 3.8) is 0 Å². The van der Waals surface area contributed by atoms with E-state index in [0.717, 1.165) is 12.1 Å². The lowest BCUT2D eigenvalue weighted by Crippen LogP contribution is -2.28. The van der Waals surface area contributed by atoms with Crippen LogP contribution >= 0.6 is 11.6 Å². The molecule has 0 unspecified atom stereocenters. The number of halogens is 4. The number of aryl methyl sites for hydroxylation is 1. The summed E-state index contributed by atoms with van der Waals surface area (Å²) in [6, 6.07) is 9.40. The number of nitro groups is 1. The van der Waals surface area contributed by atoms with Gasteiger partial charge in [0.1, 0.15) is 0 Å². The first-order chi connectivity index (χ1) is 16.0. The normalized spacial score (nSPS) is 11.7. The van der Waals surface area contributed by atoms with Gasteiger partial charge in [0.05, 0.1) is 29.1 Å². The fourth-order valence-corrected chi connectivity index (χ4v) is 3.36. The highest BCUT2D eigenvalue weighted by Gasteiger charge is 2.35. The average molecular weight is 494 g/mol. The van der Waals surface area contributed by atoms with Crippen LogP contribution in [-0.4, -0.2) is 41.8 Å². The third-order valence-electron chi connectivity index (χ3n) is 4.85. The van der Waals surface area contributed by atoms with E-state index < -0.39 is 22.7 Å². The van der Waals surface area contributed by atoms with Crippen LogP contribution < -0.4 is 5.32 Å². The molecule has 3 heterocycles. The Balaban J connectivity index is 1.58. The van der Waals surface area contributed by atoms with E-state index in [9.17, 15) is 28.1 Å². The summed E-state index contributed by atoms with van der Waals surface area (Å²) in [4.78, 5) is 26.9. The van der Waals surface area contributed by atoms with E-state index in [1.165, 1.54) is 35.0 Å². The molecule has 0 saturated carbocycles. The molecule has 176 valence electrons. The molecule has 4 aromatic rings. The second-order valence-corrected chi connectivity index (χ2v) is 7.65. The van der Waals surface area contributed by atoms with Crippen LogP contribution in [0.5, 0.6) is 0 Å². The maximum atomic E-state index is 13.7. The minimum Gasteiger partial charge on any atom is -0.358 e. The Hall–Kier alpha value is -4.00. The second-order valence-electron chi connectivity index (χ2n) is 7.21. The Morgan fingerprint density at radius 3 is 2.50 bits per heavy atom. The fraction of sp³-hybridized carbons (Fsp3) is 0.200. The maximum Gasteiger partial charge on any atom is 0.433 e. The van der Waals surface area contributed by atoms with Crippen molar-refractivity contribution < 1.29 is 22.9 Å². The van der Waals surface area contributed by atoms with Gasteiger partial charge in [0, 0.05) is 23.2 Å². The third-order valence-corrected chi connectivity index (χ3v) is 5.11. The topological polar surface area (TPSA) is 120 Å². The van der Waals surface area contributed by atoms with Gasteiger partial charge in [-0.2, -0.15) is 23.0 Å². The summed E-state index contributed by atoms with van der Waals surface area (Å²) in [5, 5.41) is 21.3. The van der Waals surface area contributed by atoms with E-state index in [2.05, 4.69) is 20.5 Å². The van der Waals surface area contributed by atoms with Crippen LogP contribution in [0.3, 0.4) is 0 Å². The first-order valence-electron chi connectivity index (χ1n) is 9.74. The van der Waals surface area contributed by atoms with E-state index in [0.29, 0.717) is 20.8 Å². The fourth-order valence-electron chi connectivity index (χ4n) is 3.23. The van der Waals surface area contributed by atoms with Gasteiger partial charge in [-0.05, 0) is 30.0 Å². The molecule has 1 N–H and O–H groups in total. The Kier molecular flexibility index (Phi) is 5.96. The van der Waals surface area contributed by atoms with Crippen molar-refractivity contribution in [1.29, 1.82) is 0 Å². The SMILES string of the molecule is Cc1cc([N+](=O)[O-])nn1CCNC(=O)c1cc2nc(-c3ccc(Cl)cc3)cc(C(F)(F)F)n2n1. The van der Waals surface area contributed by atoms with Crippen LogP contribution in [0.25, 0.3) is 16.9 Å². The molecule has 0 aliphatic heterocycles. The number of nitrogens with zero attached hydrogens (tertiary/aromatic N) is 6. The van der Waals surface area contributed by atoms with Gasteiger partial charge >= 0.3 is 12.0 Å². The number of aromatic nitrogens is 5. The number of nitrogens with one attached hydrogen (secondary N) is 1. The van der Waals surface area contributed by atoms with Gasteiger partial charge < -0.3 is 15.4 Å². The highest BCUT2D eigenvalue weighted by Crippen LogP contribution is 2.32. The number of hydrogen-bond acceptors (Lipinski definition) is 6. The Morgan fingerprint density at radius 2 is 1.88 bits per heavy atom. The molecule has 0 saturated heterocycles. The molecule has 4 rings (SSSR count). The summed E-state index contributed by atoms with van der Waals surface area (Å²) in [7, 11) is 0. The van der Waals surface area contributed by atoms with Gasteiger partial charge in [0.2, 0.25) is 0 Å². The summed E-state index contributed by atoms with van der Waals surface area (Å²) in [5.41, 5.74) is -0.561. The molecule has 0 bridgehead atoms. The van der Waals surface area contributed by atoms with Crippen molar-refractivity contribution in [3.05, 3.63) is 74.7 Å². The van der Waals surface area contributed by atoms with Crippen molar-refractivity contribution in [2.45, 2.75) is 19.6 Å². The zero-order valence-electron chi connectivity index (χ0n) is 17.4. The predicted octanol–water partition coefficient (Wildman–Crippen LogP) is 3.91. The minimum absolute atomic E-state index is 0.0158. The molecule has 1 amide bonds. The molecule has 0 spiro atoms. The number of amides is 1. The molecular weight excluding hydrogens is 479 g/mol. The summed E-state index contributed by atoms with van der Waals surface area (Å²) < 4.78 is 43.0.